The highest BCUT2D eigenvalue weighted by Gasteiger charge is 2.16. The van der Waals surface area contributed by atoms with Crippen LogP contribution in [-0.2, 0) is 11.2 Å². The predicted molar refractivity (Wildman–Crippen MR) is 95.9 cm³/mol. The summed E-state index contributed by atoms with van der Waals surface area (Å²) in [6.45, 7) is 0. The highest BCUT2D eigenvalue weighted by atomic mass is 35.5. The number of nitro benzene ring substituents is 1. The van der Waals surface area contributed by atoms with E-state index in [0.717, 1.165) is 10.6 Å². The van der Waals surface area contributed by atoms with Gasteiger partial charge < -0.3 is 5.32 Å². The Balaban J connectivity index is 1.70. The first kappa shape index (κ1) is 16.6. The molecule has 0 radical (unpaired) electrons. The molecule has 1 aromatic carbocycles. The average Bonchev–Trinajstić information content (AvgIpc) is 3.16. The zero-order valence-corrected chi connectivity index (χ0v) is 14.5. The van der Waals surface area contributed by atoms with Crippen LogP contribution in [0.4, 0.5) is 10.8 Å². The number of carbonyl (C=O) groups excluding carboxylic acids is 1. The van der Waals surface area contributed by atoms with E-state index in [4.69, 9.17) is 11.6 Å². The summed E-state index contributed by atoms with van der Waals surface area (Å²) in [6, 6.07) is 9.83. The summed E-state index contributed by atoms with van der Waals surface area (Å²) in [6.07, 6.45) is -0.0864. The van der Waals surface area contributed by atoms with Crippen LogP contribution in [0.3, 0.4) is 0 Å². The second-order valence-corrected chi connectivity index (χ2v) is 7.33. The quantitative estimate of drug-likeness (QED) is 0.518. The zero-order valence-electron chi connectivity index (χ0n) is 12.1. The molecule has 0 aliphatic heterocycles. The van der Waals surface area contributed by atoms with Gasteiger partial charge in [-0.1, -0.05) is 29.8 Å². The maximum atomic E-state index is 12.1. The molecule has 1 amide bonds. The van der Waals surface area contributed by atoms with Crippen LogP contribution >= 0.6 is 34.3 Å². The van der Waals surface area contributed by atoms with Crippen molar-refractivity contribution in [1.29, 1.82) is 0 Å². The number of thiophene rings is 1. The number of carbonyl (C=O) groups is 1. The van der Waals surface area contributed by atoms with Crippen molar-refractivity contribution >= 4 is 51.0 Å². The lowest BCUT2D eigenvalue weighted by molar-refractivity contribution is -0.385. The summed E-state index contributed by atoms with van der Waals surface area (Å²) in [7, 11) is 0. The van der Waals surface area contributed by atoms with E-state index in [2.05, 4.69) is 10.3 Å². The van der Waals surface area contributed by atoms with Crippen molar-refractivity contribution in [2.45, 2.75) is 6.42 Å². The van der Waals surface area contributed by atoms with Crippen LogP contribution in [0, 0.1) is 10.1 Å². The summed E-state index contributed by atoms with van der Waals surface area (Å²) < 4.78 is 0.667. The fourth-order valence-corrected chi connectivity index (χ4v) is 3.88. The highest BCUT2D eigenvalue weighted by molar-refractivity contribution is 7.20. The van der Waals surface area contributed by atoms with Gasteiger partial charge in [0, 0.05) is 17.0 Å². The Morgan fingerprint density at radius 3 is 2.79 bits per heavy atom. The molecule has 0 spiro atoms. The molecule has 24 heavy (non-hydrogen) atoms. The molecule has 3 rings (SSSR count). The lowest BCUT2D eigenvalue weighted by Crippen LogP contribution is -2.15. The van der Waals surface area contributed by atoms with Crippen molar-refractivity contribution < 1.29 is 9.72 Å². The third-order valence-corrected chi connectivity index (χ3v) is 5.13. The van der Waals surface area contributed by atoms with Gasteiger partial charge in [0.1, 0.15) is 0 Å². The zero-order chi connectivity index (χ0) is 17.1. The third-order valence-electron chi connectivity index (χ3n) is 3.12. The van der Waals surface area contributed by atoms with Gasteiger partial charge in [-0.05, 0) is 12.1 Å². The number of hydrogen-bond acceptors (Lipinski definition) is 6. The van der Waals surface area contributed by atoms with Crippen molar-refractivity contribution in [3.8, 4) is 10.6 Å². The largest absolute Gasteiger partial charge is 0.302 e. The summed E-state index contributed by atoms with van der Waals surface area (Å²) in [4.78, 5) is 27.9. The smallest absolute Gasteiger partial charge is 0.273 e. The van der Waals surface area contributed by atoms with Gasteiger partial charge in [-0.2, -0.15) is 0 Å². The number of nitrogens with zero attached hydrogens (tertiary/aromatic N) is 2. The molecule has 6 nitrogen and oxygen atoms in total. The van der Waals surface area contributed by atoms with E-state index in [1.54, 1.807) is 24.3 Å². The molecule has 0 aliphatic carbocycles. The van der Waals surface area contributed by atoms with Gasteiger partial charge in [-0.25, -0.2) is 4.98 Å². The monoisotopic (exact) mass is 379 g/mol. The molecule has 122 valence electrons. The number of para-hydroxylation sites is 1. The minimum atomic E-state index is -0.495. The molecule has 0 aliphatic rings. The molecule has 0 fully saturated rings. The van der Waals surface area contributed by atoms with E-state index >= 15 is 0 Å². The summed E-state index contributed by atoms with van der Waals surface area (Å²) in [5, 5.41) is 15.9. The SMILES string of the molecule is O=C(Cc1ccccc1[N+](=O)[O-])Nc1nc(-c2ccc(Cl)s2)cs1. The predicted octanol–water partition coefficient (Wildman–Crippen LogP) is 4.61. The van der Waals surface area contributed by atoms with Gasteiger partial charge in [0.2, 0.25) is 5.91 Å². The van der Waals surface area contributed by atoms with Crippen molar-refractivity contribution in [3.63, 3.8) is 0 Å². The Labute approximate surface area is 149 Å². The van der Waals surface area contributed by atoms with Crippen LogP contribution in [0.15, 0.2) is 41.8 Å². The molecule has 0 saturated carbocycles. The molecule has 3 aromatic rings. The van der Waals surface area contributed by atoms with Gasteiger partial charge in [-0.15, -0.1) is 22.7 Å². The minimum Gasteiger partial charge on any atom is -0.302 e. The van der Waals surface area contributed by atoms with E-state index in [9.17, 15) is 14.9 Å². The number of anilines is 1. The molecule has 1 N–H and O–H groups in total. The summed E-state index contributed by atoms with van der Waals surface area (Å²) >= 11 is 8.59. The number of rotatable bonds is 5. The van der Waals surface area contributed by atoms with Crippen LogP contribution in [-0.4, -0.2) is 15.8 Å². The highest BCUT2D eigenvalue weighted by Crippen LogP contribution is 2.32. The summed E-state index contributed by atoms with van der Waals surface area (Å²) in [5.41, 5.74) is 1.03. The normalized spacial score (nSPS) is 10.5. The van der Waals surface area contributed by atoms with Gasteiger partial charge in [-0.3, -0.25) is 14.9 Å². The Bertz CT molecular complexity index is 907. The molecule has 0 bridgehead atoms. The number of amides is 1. The molecule has 0 atom stereocenters. The Morgan fingerprint density at radius 2 is 2.08 bits per heavy atom. The first-order chi connectivity index (χ1) is 11.5. The molecule has 0 unspecified atom stereocenters. The fourth-order valence-electron chi connectivity index (χ4n) is 2.07. The first-order valence-electron chi connectivity index (χ1n) is 6.76. The Kier molecular flexibility index (Phi) is 4.89. The molecular weight excluding hydrogens is 370 g/mol. The van der Waals surface area contributed by atoms with Crippen molar-refractivity contribution in [3.05, 3.63) is 61.8 Å². The average molecular weight is 380 g/mol. The molecule has 2 aromatic heterocycles. The van der Waals surface area contributed by atoms with Crippen molar-refractivity contribution in [1.82, 2.24) is 4.98 Å². The van der Waals surface area contributed by atoms with E-state index < -0.39 is 4.92 Å². The van der Waals surface area contributed by atoms with Gasteiger partial charge in [0.05, 0.1) is 26.3 Å². The second kappa shape index (κ2) is 7.08. The number of nitro groups is 1. The number of aromatic nitrogens is 1. The maximum absolute atomic E-state index is 12.1. The van der Waals surface area contributed by atoms with Gasteiger partial charge in [0.25, 0.3) is 5.69 Å². The van der Waals surface area contributed by atoms with Crippen molar-refractivity contribution in [2.24, 2.45) is 0 Å². The van der Waals surface area contributed by atoms with Crippen molar-refractivity contribution in [2.75, 3.05) is 5.32 Å². The topological polar surface area (TPSA) is 85.1 Å². The number of hydrogen-bond donors (Lipinski definition) is 1. The second-order valence-electron chi connectivity index (χ2n) is 4.75. The maximum Gasteiger partial charge on any atom is 0.273 e. The van der Waals surface area contributed by atoms with E-state index in [-0.39, 0.29) is 18.0 Å². The minimum absolute atomic E-state index is 0.0688. The lowest BCUT2D eigenvalue weighted by Gasteiger charge is -2.03. The van der Waals surface area contributed by atoms with Crippen LogP contribution in [0.5, 0.6) is 0 Å². The number of halogens is 1. The van der Waals surface area contributed by atoms with Crippen LogP contribution in [0.2, 0.25) is 4.34 Å². The van der Waals surface area contributed by atoms with Gasteiger partial charge >= 0.3 is 0 Å². The van der Waals surface area contributed by atoms with E-state index in [1.807, 2.05) is 11.4 Å². The number of nitrogens with one attached hydrogen (secondary N) is 1. The summed E-state index contributed by atoms with van der Waals surface area (Å²) in [5.74, 6) is -0.352. The molecular formula is C15H10ClN3O3S2. The molecule has 2 heterocycles. The van der Waals surface area contributed by atoms with Crippen LogP contribution < -0.4 is 5.32 Å². The first-order valence-corrected chi connectivity index (χ1v) is 8.84. The Morgan fingerprint density at radius 1 is 1.29 bits per heavy atom. The van der Waals surface area contributed by atoms with Gasteiger partial charge in [0.15, 0.2) is 5.13 Å². The molecule has 9 heteroatoms. The van der Waals surface area contributed by atoms with E-state index in [1.165, 1.54) is 28.7 Å². The number of thiazole rings is 1. The standard InChI is InChI=1S/C15H10ClN3O3S2/c16-13-6-5-12(24-13)10-8-23-15(17-10)18-14(20)7-9-3-1-2-4-11(9)19(21)22/h1-6,8H,7H2,(H,17,18,20). The van der Waals surface area contributed by atoms with Crippen LogP contribution in [0.25, 0.3) is 10.6 Å². The van der Waals surface area contributed by atoms with Crippen LogP contribution in [0.1, 0.15) is 5.56 Å². The number of benzene rings is 1. The Hall–Kier alpha value is -2.29. The third kappa shape index (κ3) is 3.78. The molecule has 0 saturated heterocycles. The van der Waals surface area contributed by atoms with E-state index in [0.29, 0.717) is 15.0 Å². The lowest BCUT2D eigenvalue weighted by atomic mass is 10.1. The fraction of sp³-hybridized carbons (Fsp3) is 0.0667.